The first-order valence-corrected chi connectivity index (χ1v) is 10.6. The van der Waals surface area contributed by atoms with Gasteiger partial charge in [0.25, 0.3) is 5.56 Å². The Bertz CT molecular complexity index is 1030. The highest BCUT2D eigenvalue weighted by Gasteiger charge is 2.37. The second kappa shape index (κ2) is 6.82. The second-order valence-electron chi connectivity index (χ2n) is 10.2. The molecule has 0 spiro atoms. The van der Waals surface area contributed by atoms with Crippen molar-refractivity contribution in [2.24, 2.45) is 17.9 Å². The Balaban J connectivity index is 1.69. The van der Waals surface area contributed by atoms with Crippen molar-refractivity contribution >= 4 is 11.4 Å². The molecule has 1 N–H and O–H groups in total. The van der Waals surface area contributed by atoms with Crippen molar-refractivity contribution in [1.82, 2.24) is 9.78 Å². The molecule has 5 nitrogen and oxygen atoms in total. The summed E-state index contributed by atoms with van der Waals surface area (Å²) in [5.74, 6) is 0. The predicted molar refractivity (Wildman–Crippen MR) is 118 cm³/mol. The fourth-order valence-corrected chi connectivity index (χ4v) is 4.33. The number of aromatic nitrogens is 2. The minimum Gasteiger partial charge on any atom is -0.366 e. The molecule has 4 rings (SSSR count). The van der Waals surface area contributed by atoms with Crippen molar-refractivity contribution in [2.75, 3.05) is 18.0 Å². The smallest absolute Gasteiger partial charge is 0.290 e. The normalized spacial score (nSPS) is 19.4. The number of benzene rings is 1. The van der Waals surface area contributed by atoms with E-state index in [0.717, 1.165) is 37.1 Å². The Kier molecular flexibility index (Phi) is 4.67. The molecule has 154 valence electrons. The van der Waals surface area contributed by atoms with Crippen LogP contribution in [0.4, 0.5) is 5.69 Å². The molecule has 2 heterocycles. The Labute approximate surface area is 173 Å². The number of nitrogens with one attached hydrogen (secondary N) is 1. The molecule has 29 heavy (non-hydrogen) atoms. The van der Waals surface area contributed by atoms with Crippen molar-refractivity contribution in [3.8, 4) is 0 Å². The highest BCUT2D eigenvalue weighted by molar-refractivity contribution is 6.10. The van der Waals surface area contributed by atoms with Crippen LogP contribution in [0.1, 0.15) is 62.4 Å². The lowest BCUT2D eigenvalue weighted by molar-refractivity contribution is 0.418. The van der Waals surface area contributed by atoms with E-state index in [1.54, 1.807) is 7.05 Å². The maximum atomic E-state index is 12.8. The monoisotopic (exact) mass is 392 g/mol. The molecule has 1 aliphatic heterocycles. The molecule has 0 radical (unpaired) electrons. The molecule has 1 saturated carbocycles. The first-order chi connectivity index (χ1) is 13.6. The van der Waals surface area contributed by atoms with E-state index in [4.69, 9.17) is 5.41 Å². The van der Waals surface area contributed by atoms with Crippen LogP contribution >= 0.6 is 0 Å². The van der Waals surface area contributed by atoms with Crippen molar-refractivity contribution in [1.29, 1.82) is 5.41 Å². The van der Waals surface area contributed by atoms with Gasteiger partial charge in [-0.15, -0.1) is 0 Å². The van der Waals surface area contributed by atoms with Crippen LogP contribution < -0.4 is 10.5 Å². The van der Waals surface area contributed by atoms with E-state index in [-0.39, 0.29) is 11.0 Å². The number of nitrogens with zero attached hydrogens (tertiary/aromatic N) is 3. The lowest BCUT2D eigenvalue weighted by Crippen LogP contribution is -2.33. The van der Waals surface area contributed by atoms with Gasteiger partial charge in [0.2, 0.25) is 0 Å². The molecular weight excluding hydrogens is 360 g/mol. The molecule has 0 unspecified atom stereocenters. The summed E-state index contributed by atoms with van der Waals surface area (Å²) in [6, 6.07) is 8.26. The third-order valence-corrected chi connectivity index (χ3v) is 6.62. The summed E-state index contributed by atoms with van der Waals surface area (Å²) in [4.78, 5) is 14.9. The maximum absolute atomic E-state index is 12.8. The molecular formula is C24H32N4O. The van der Waals surface area contributed by atoms with E-state index < -0.39 is 0 Å². The molecule has 0 amide bonds. The van der Waals surface area contributed by atoms with Crippen LogP contribution in [0.3, 0.4) is 0 Å². The van der Waals surface area contributed by atoms with E-state index in [0.29, 0.717) is 22.5 Å². The van der Waals surface area contributed by atoms with Crippen LogP contribution in [0.25, 0.3) is 0 Å². The van der Waals surface area contributed by atoms with Gasteiger partial charge in [0.15, 0.2) is 0 Å². The number of hydrogen-bond donors (Lipinski definition) is 1. The summed E-state index contributed by atoms with van der Waals surface area (Å²) in [6.07, 6.45) is 4.69. The summed E-state index contributed by atoms with van der Waals surface area (Å²) < 4.78 is 1.38. The zero-order chi connectivity index (χ0) is 21.0. The zero-order valence-corrected chi connectivity index (χ0v) is 18.3. The van der Waals surface area contributed by atoms with Crippen molar-refractivity contribution < 1.29 is 0 Å². The summed E-state index contributed by atoms with van der Waals surface area (Å²) >= 11 is 0. The number of aryl methyl sites for hydroxylation is 2. The van der Waals surface area contributed by atoms with Gasteiger partial charge in [-0.2, -0.15) is 5.10 Å². The average Bonchev–Trinajstić information content (AvgIpc) is 3.27. The van der Waals surface area contributed by atoms with Crippen LogP contribution in [-0.2, 0) is 13.5 Å². The van der Waals surface area contributed by atoms with Gasteiger partial charge >= 0.3 is 0 Å². The summed E-state index contributed by atoms with van der Waals surface area (Å²) in [5, 5.41) is 13.3. The van der Waals surface area contributed by atoms with Gasteiger partial charge in [-0.05, 0) is 66.7 Å². The van der Waals surface area contributed by atoms with Gasteiger partial charge in [0.05, 0.1) is 5.71 Å². The molecule has 1 saturated heterocycles. The number of anilines is 1. The molecule has 2 fully saturated rings. The average molecular weight is 393 g/mol. The zero-order valence-electron chi connectivity index (χ0n) is 18.3. The standard InChI is InChI=1S/C24H32N4O/c1-16-6-7-17(14-24(4)8-9-24)12-18(16)21(25)19-13-20(22(29)27(5)26-19)28-11-10-23(2,3)15-28/h6-7,12-13,25H,8-11,14-15H2,1-5H3. The molecule has 0 bridgehead atoms. The quantitative estimate of drug-likeness (QED) is 0.780. The molecule has 1 aromatic carbocycles. The van der Waals surface area contributed by atoms with Crippen molar-refractivity contribution in [2.45, 2.75) is 53.4 Å². The maximum Gasteiger partial charge on any atom is 0.290 e. The van der Waals surface area contributed by atoms with Gasteiger partial charge in [0, 0.05) is 25.7 Å². The molecule has 2 aromatic rings. The highest BCUT2D eigenvalue weighted by atomic mass is 16.1. The second-order valence-corrected chi connectivity index (χ2v) is 10.2. The lowest BCUT2D eigenvalue weighted by atomic mass is 9.93. The first kappa shape index (κ1) is 19.9. The summed E-state index contributed by atoms with van der Waals surface area (Å²) in [6.45, 7) is 10.6. The number of rotatable bonds is 5. The Morgan fingerprint density at radius 2 is 1.90 bits per heavy atom. The van der Waals surface area contributed by atoms with Crippen molar-refractivity contribution in [3.05, 3.63) is 57.0 Å². The lowest BCUT2D eigenvalue weighted by Gasteiger charge is -2.22. The molecule has 5 heteroatoms. The van der Waals surface area contributed by atoms with Crippen LogP contribution in [0.2, 0.25) is 0 Å². The Hall–Kier alpha value is -2.43. The van der Waals surface area contributed by atoms with E-state index in [1.807, 2.05) is 13.0 Å². The first-order valence-electron chi connectivity index (χ1n) is 10.6. The van der Waals surface area contributed by atoms with Gasteiger partial charge in [0.1, 0.15) is 11.4 Å². The van der Waals surface area contributed by atoms with E-state index in [9.17, 15) is 4.79 Å². The predicted octanol–water partition coefficient (Wildman–Crippen LogP) is 4.08. The third kappa shape index (κ3) is 4.00. The fourth-order valence-electron chi connectivity index (χ4n) is 4.33. The van der Waals surface area contributed by atoms with Gasteiger partial charge in [-0.25, -0.2) is 4.68 Å². The summed E-state index contributed by atoms with van der Waals surface area (Å²) in [7, 11) is 1.68. The largest absolute Gasteiger partial charge is 0.366 e. The SMILES string of the molecule is Cc1ccc(CC2(C)CC2)cc1C(=N)c1cc(N2CCC(C)(C)C2)c(=O)n(C)n1. The van der Waals surface area contributed by atoms with Gasteiger partial charge < -0.3 is 4.90 Å². The third-order valence-electron chi connectivity index (χ3n) is 6.62. The molecule has 1 aliphatic carbocycles. The highest BCUT2D eigenvalue weighted by Crippen LogP contribution is 2.47. The van der Waals surface area contributed by atoms with E-state index in [1.165, 1.54) is 23.1 Å². The van der Waals surface area contributed by atoms with Crippen LogP contribution in [0.15, 0.2) is 29.1 Å². The van der Waals surface area contributed by atoms with Crippen LogP contribution in [-0.4, -0.2) is 28.6 Å². The molecule has 1 aromatic heterocycles. The number of hydrogen-bond acceptors (Lipinski definition) is 4. The van der Waals surface area contributed by atoms with E-state index >= 15 is 0 Å². The van der Waals surface area contributed by atoms with Crippen LogP contribution in [0, 0.1) is 23.2 Å². The Morgan fingerprint density at radius 3 is 2.52 bits per heavy atom. The minimum atomic E-state index is -0.0913. The summed E-state index contributed by atoms with van der Waals surface area (Å²) in [5.41, 5.74) is 5.40. The molecule has 0 atom stereocenters. The fraction of sp³-hybridized carbons (Fsp3) is 0.542. The Morgan fingerprint density at radius 1 is 1.17 bits per heavy atom. The van der Waals surface area contributed by atoms with Gasteiger partial charge in [-0.1, -0.05) is 32.9 Å². The minimum absolute atomic E-state index is 0.0913. The molecule has 2 aliphatic rings. The van der Waals surface area contributed by atoms with Gasteiger partial charge in [-0.3, -0.25) is 10.2 Å². The van der Waals surface area contributed by atoms with E-state index in [2.05, 4.69) is 49.0 Å². The topological polar surface area (TPSA) is 62.0 Å². The van der Waals surface area contributed by atoms with Crippen LogP contribution in [0.5, 0.6) is 0 Å². The van der Waals surface area contributed by atoms with Crippen molar-refractivity contribution in [3.63, 3.8) is 0 Å².